The van der Waals surface area contributed by atoms with E-state index in [2.05, 4.69) is 39.2 Å². The van der Waals surface area contributed by atoms with Gasteiger partial charge in [0.2, 0.25) is 0 Å². The standard InChI is InChI=1S/C17H28ClNOS/c1-5-20-17(10-8-16(2,3)9-11-17)14(19-4)12-13-6-7-15(18)21-13/h6-7,14,19H,5,8-12H2,1-4H3. The van der Waals surface area contributed by atoms with Gasteiger partial charge in [-0.15, -0.1) is 11.3 Å². The lowest BCUT2D eigenvalue weighted by molar-refractivity contribution is -0.105. The molecule has 2 nitrogen and oxygen atoms in total. The molecule has 1 unspecified atom stereocenters. The van der Waals surface area contributed by atoms with Gasteiger partial charge in [0.25, 0.3) is 0 Å². The van der Waals surface area contributed by atoms with Crippen molar-refractivity contribution in [2.45, 2.75) is 64.5 Å². The van der Waals surface area contributed by atoms with Gasteiger partial charge in [-0.25, -0.2) is 0 Å². The van der Waals surface area contributed by atoms with Crippen LogP contribution in [0.25, 0.3) is 0 Å². The first-order valence-corrected chi connectivity index (χ1v) is 9.16. The van der Waals surface area contributed by atoms with Gasteiger partial charge in [0.1, 0.15) is 0 Å². The third kappa shape index (κ3) is 4.22. The van der Waals surface area contributed by atoms with Crippen LogP contribution in [0.4, 0.5) is 0 Å². The number of rotatable bonds is 6. The van der Waals surface area contributed by atoms with Crippen LogP contribution in [-0.2, 0) is 11.2 Å². The fourth-order valence-electron chi connectivity index (χ4n) is 3.44. The van der Waals surface area contributed by atoms with Crippen LogP contribution in [0.1, 0.15) is 51.3 Å². The highest BCUT2D eigenvalue weighted by molar-refractivity contribution is 7.16. The zero-order valence-corrected chi connectivity index (χ0v) is 15.2. The van der Waals surface area contributed by atoms with Crippen molar-refractivity contribution in [3.63, 3.8) is 0 Å². The maximum atomic E-state index is 6.30. The lowest BCUT2D eigenvalue weighted by atomic mass is 9.68. The van der Waals surface area contributed by atoms with E-state index in [-0.39, 0.29) is 5.60 Å². The van der Waals surface area contributed by atoms with Crippen molar-refractivity contribution in [3.8, 4) is 0 Å². The predicted octanol–water partition coefficient (Wildman–Crippen LogP) is 4.91. The Hall–Kier alpha value is -0.0900. The molecule has 0 bridgehead atoms. The van der Waals surface area contributed by atoms with E-state index >= 15 is 0 Å². The maximum Gasteiger partial charge on any atom is 0.0931 e. The minimum absolute atomic E-state index is 0.0323. The first-order chi connectivity index (χ1) is 9.91. The molecule has 0 radical (unpaired) electrons. The van der Waals surface area contributed by atoms with E-state index in [1.165, 1.54) is 17.7 Å². The first-order valence-electron chi connectivity index (χ1n) is 7.96. The number of hydrogen-bond donors (Lipinski definition) is 1. The molecular formula is C17H28ClNOS. The molecular weight excluding hydrogens is 302 g/mol. The summed E-state index contributed by atoms with van der Waals surface area (Å²) in [5.41, 5.74) is 0.417. The zero-order valence-electron chi connectivity index (χ0n) is 13.7. The van der Waals surface area contributed by atoms with Gasteiger partial charge < -0.3 is 10.1 Å². The molecule has 0 aromatic carbocycles. The van der Waals surface area contributed by atoms with E-state index in [0.717, 1.165) is 30.2 Å². The van der Waals surface area contributed by atoms with Crippen LogP contribution in [0.15, 0.2) is 12.1 Å². The number of likely N-dealkylation sites (N-methyl/N-ethyl adjacent to an activating group) is 1. The van der Waals surface area contributed by atoms with Gasteiger partial charge in [0.15, 0.2) is 0 Å². The molecule has 2 rings (SSSR count). The summed E-state index contributed by atoms with van der Waals surface area (Å²) in [6.45, 7) is 7.63. The van der Waals surface area contributed by atoms with Crippen LogP contribution >= 0.6 is 22.9 Å². The Morgan fingerprint density at radius 1 is 1.29 bits per heavy atom. The molecule has 1 aliphatic rings. The van der Waals surface area contributed by atoms with Crippen molar-refractivity contribution in [2.24, 2.45) is 5.41 Å². The molecule has 1 aromatic rings. The maximum absolute atomic E-state index is 6.30. The fourth-order valence-corrected chi connectivity index (χ4v) is 4.58. The topological polar surface area (TPSA) is 21.3 Å². The minimum Gasteiger partial charge on any atom is -0.374 e. The van der Waals surface area contributed by atoms with Crippen molar-refractivity contribution >= 4 is 22.9 Å². The molecule has 0 spiro atoms. The van der Waals surface area contributed by atoms with Gasteiger partial charge in [-0.3, -0.25) is 0 Å². The molecule has 1 aromatic heterocycles. The minimum atomic E-state index is -0.0323. The average molecular weight is 330 g/mol. The van der Waals surface area contributed by atoms with Crippen LogP contribution in [0.2, 0.25) is 4.34 Å². The molecule has 21 heavy (non-hydrogen) atoms. The molecule has 1 fully saturated rings. The summed E-state index contributed by atoms with van der Waals surface area (Å²) in [5, 5.41) is 3.52. The normalized spacial score (nSPS) is 22.1. The Morgan fingerprint density at radius 2 is 1.95 bits per heavy atom. The second-order valence-electron chi connectivity index (χ2n) is 6.91. The Balaban J connectivity index is 2.14. The monoisotopic (exact) mass is 329 g/mol. The highest BCUT2D eigenvalue weighted by Crippen LogP contribution is 2.44. The Morgan fingerprint density at radius 3 is 2.43 bits per heavy atom. The lowest BCUT2D eigenvalue weighted by Gasteiger charge is -2.47. The first kappa shape index (κ1) is 17.3. The van der Waals surface area contributed by atoms with Gasteiger partial charge in [0, 0.05) is 17.5 Å². The molecule has 4 heteroatoms. The Bertz CT molecular complexity index is 447. The highest BCUT2D eigenvalue weighted by atomic mass is 35.5. The molecule has 1 heterocycles. The summed E-state index contributed by atoms with van der Waals surface area (Å²) in [5.74, 6) is 0. The van der Waals surface area contributed by atoms with E-state index in [0.29, 0.717) is 11.5 Å². The van der Waals surface area contributed by atoms with Crippen LogP contribution in [-0.4, -0.2) is 25.3 Å². The predicted molar refractivity (Wildman–Crippen MR) is 92.5 cm³/mol. The van der Waals surface area contributed by atoms with Crippen molar-refractivity contribution in [1.29, 1.82) is 0 Å². The molecule has 1 N–H and O–H groups in total. The summed E-state index contributed by atoms with van der Waals surface area (Å²) in [7, 11) is 2.06. The molecule has 120 valence electrons. The van der Waals surface area contributed by atoms with Crippen LogP contribution in [0, 0.1) is 5.41 Å². The summed E-state index contributed by atoms with van der Waals surface area (Å²) < 4.78 is 7.18. The Kier molecular flexibility index (Phi) is 5.75. The van der Waals surface area contributed by atoms with Gasteiger partial charge in [-0.1, -0.05) is 25.4 Å². The summed E-state index contributed by atoms with van der Waals surface area (Å²) >= 11 is 7.75. The molecule has 0 amide bonds. The second-order valence-corrected chi connectivity index (χ2v) is 8.71. The summed E-state index contributed by atoms with van der Waals surface area (Å²) in [4.78, 5) is 1.34. The Labute approximate surface area is 138 Å². The summed E-state index contributed by atoms with van der Waals surface area (Å²) in [6, 6.07) is 4.48. The van der Waals surface area contributed by atoms with Gasteiger partial charge in [-0.2, -0.15) is 0 Å². The smallest absolute Gasteiger partial charge is 0.0931 e. The van der Waals surface area contributed by atoms with Crippen LogP contribution < -0.4 is 5.32 Å². The largest absolute Gasteiger partial charge is 0.374 e. The second kappa shape index (κ2) is 6.99. The molecule has 1 saturated carbocycles. The molecule has 0 aliphatic heterocycles. The van der Waals surface area contributed by atoms with E-state index in [1.54, 1.807) is 11.3 Å². The zero-order chi connectivity index (χ0) is 15.5. The molecule has 0 saturated heterocycles. The molecule has 1 aliphatic carbocycles. The number of thiophene rings is 1. The average Bonchev–Trinajstić information content (AvgIpc) is 2.85. The summed E-state index contributed by atoms with van der Waals surface area (Å²) in [6.07, 6.45) is 5.73. The van der Waals surface area contributed by atoms with Crippen molar-refractivity contribution in [1.82, 2.24) is 5.32 Å². The van der Waals surface area contributed by atoms with Gasteiger partial charge in [-0.05, 0) is 63.6 Å². The third-order valence-corrected chi connectivity index (χ3v) is 6.15. The quantitative estimate of drug-likeness (QED) is 0.800. The number of ether oxygens (including phenoxy) is 1. The van der Waals surface area contributed by atoms with Crippen molar-refractivity contribution < 1.29 is 4.74 Å². The van der Waals surface area contributed by atoms with Crippen molar-refractivity contribution in [2.75, 3.05) is 13.7 Å². The van der Waals surface area contributed by atoms with E-state index in [4.69, 9.17) is 16.3 Å². The SMILES string of the molecule is CCOC1(C(Cc2ccc(Cl)s2)NC)CCC(C)(C)CC1. The highest BCUT2D eigenvalue weighted by Gasteiger charge is 2.44. The van der Waals surface area contributed by atoms with E-state index < -0.39 is 0 Å². The third-order valence-electron chi connectivity index (χ3n) is 4.90. The van der Waals surface area contributed by atoms with Crippen LogP contribution in [0.3, 0.4) is 0 Å². The molecule has 1 atom stereocenters. The van der Waals surface area contributed by atoms with Gasteiger partial charge in [0.05, 0.1) is 9.94 Å². The number of nitrogens with one attached hydrogen (secondary N) is 1. The van der Waals surface area contributed by atoms with Crippen LogP contribution in [0.5, 0.6) is 0 Å². The fraction of sp³-hybridized carbons (Fsp3) is 0.765. The van der Waals surface area contributed by atoms with Crippen molar-refractivity contribution in [3.05, 3.63) is 21.3 Å². The van der Waals surface area contributed by atoms with Gasteiger partial charge >= 0.3 is 0 Å². The van der Waals surface area contributed by atoms with E-state index in [1.807, 2.05) is 6.07 Å². The lowest BCUT2D eigenvalue weighted by Crippen LogP contribution is -2.55. The number of hydrogen-bond acceptors (Lipinski definition) is 3. The number of halogens is 1. The van der Waals surface area contributed by atoms with E-state index in [9.17, 15) is 0 Å².